The molecule has 0 fully saturated rings. The molecule has 0 aliphatic heterocycles. The van der Waals surface area contributed by atoms with E-state index in [0.717, 1.165) is 16.7 Å². The number of aliphatic hydroxyl groups excluding tert-OH is 1. The lowest BCUT2D eigenvalue weighted by Gasteiger charge is -2.13. The molecule has 3 heteroatoms. The fourth-order valence-corrected chi connectivity index (χ4v) is 2.33. The summed E-state index contributed by atoms with van der Waals surface area (Å²) in [6.45, 7) is 4.17. The zero-order valence-corrected chi connectivity index (χ0v) is 12.5. The molecule has 0 aliphatic rings. The third-order valence-corrected chi connectivity index (χ3v) is 3.44. The Bertz CT molecular complexity index is 608. The topological polar surface area (TPSA) is 49.3 Å². The molecule has 0 spiro atoms. The van der Waals surface area contributed by atoms with Crippen LogP contribution in [-0.4, -0.2) is 23.7 Å². The molecule has 2 aromatic rings. The van der Waals surface area contributed by atoms with E-state index in [1.807, 2.05) is 62.4 Å². The number of carbonyl (C=O) groups excluding carboxylic acids is 1. The number of rotatable bonds is 5. The molecule has 21 heavy (non-hydrogen) atoms. The second-order valence-corrected chi connectivity index (χ2v) is 5.37. The van der Waals surface area contributed by atoms with Gasteiger partial charge in [0, 0.05) is 18.5 Å². The zero-order valence-electron chi connectivity index (χ0n) is 12.5. The fraction of sp³-hybridized carbons (Fsp3) is 0.278. The summed E-state index contributed by atoms with van der Waals surface area (Å²) in [6, 6.07) is 15.5. The van der Waals surface area contributed by atoms with Crippen molar-refractivity contribution in [2.24, 2.45) is 0 Å². The molecule has 110 valence electrons. The van der Waals surface area contributed by atoms with Crippen LogP contribution >= 0.6 is 0 Å². The Balaban J connectivity index is 1.89. The Morgan fingerprint density at radius 1 is 1.14 bits per heavy atom. The summed E-state index contributed by atoms with van der Waals surface area (Å²) < 4.78 is 0. The van der Waals surface area contributed by atoms with Crippen LogP contribution in [-0.2, 0) is 6.42 Å². The van der Waals surface area contributed by atoms with E-state index >= 15 is 0 Å². The minimum absolute atomic E-state index is 0.139. The SMILES string of the molecule is Cc1ccc(C(=O)NCC(O)Cc2ccccc2)c(C)c1. The molecule has 0 saturated carbocycles. The summed E-state index contributed by atoms with van der Waals surface area (Å²) in [4.78, 5) is 12.1. The van der Waals surface area contributed by atoms with Crippen molar-refractivity contribution < 1.29 is 9.90 Å². The van der Waals surface area contributed by atoms with E-state index in [9.17, 15) is 9.90 Å². The van der Waals surface area contributed by atoms with Crippen LogP contribution in [0.15, 0.2) is 48.5 Å². The molecule has 2 aromatic carbocycles. The highest BCUT2D eigenvalue weighted by Crippen LogP contribution is 2.10. The molecule has 2 N–H and O–H groups in total. The van der Waals surface area contributed by atoms with E-state index in [1.54, 1.807) is 0 Å². The highest BCUT2D eigenvalue weighted by atomic mass is 16.3. The van der Waals surface area contributed by atoms with Crippen molar-refractivity contribution in [2.75, 3.05) is 6.54 Å². The average Bonchev–Trinajstić information content (AvgIpc) is 2.46. The first-order valence-electron chi connectivity index (χ1n) is 7.13. The van der Waals surface area contributed by atoms with Gasteiger partial charge in [-0.1, -0.05) is 48.0 Å². The highest BCUT2D eigenvalue weighted by molar-refractivity contribution is 5.95. The Labute approximate surface area is 125 Å². The first-order valence-corrected chi connectivity index (χ1v) is 7.13. The van der Waals surface area contributed by atoms with Gasteiger partial charge in [-0.3, -0.25) is 4.79 Å². The summed E-state index contributed by atoms with van der Waals surface area (Å²) >= 11 is 0. The van der Waals surface area contributed by atoms with Gasteiger partial charge in [-0.25, -0.2) is 0 Å². The van der Waals surface area contributed by atoms with E-state index in [1.165, 1.54) is 0 Å². The van der Waals surface area contributed by atoms with E-state index in [0.29, 0.717) is 12.0 Å². The lowest BCUT2D eigenvalue weighted by molar-refractivity contribution is 0.0915. The monoisotopic (exact) mass is 283 g/mol. The van der Waals surface area contributed by atoms with Gasteiger partial charge in [0.05, 0.1) is 6.10 Å². The molecule has 0 bridgehead atoms. The lowest BCUT2D eigenvalue weighted by atomic mass is 10.0. The predicted octanol–water partition coefficient (Wildman–Crippen LogP) is 2.64. The van der Waals surface area contributed by atoms with Crippen LogP contribution in [0.1, 0.15) is 27.0 Å². The van der Waals surface area contributed by atoms with Gasteiger partial charge < -0.3 is 10.4 Å². The molecule has 0 aromatic heterocycles. The van der Waals surface area contributed by atoms with Gasteiger partial charge in [0.25, 0.3) is 5.91 Å². The van der Waals surface area contributed by atoms with E-state index in [4.69, 9.17) is 0 Å². The Morgan fingerprint density at radius 2 is 1.86 bits per heavy atom. The van der Waals surface area contributed by atoms with E-state index < -0.39 is 6.10 Å². The lowest BCUT2D eigenvalue weighted by Crippen LogP contribution is -2.33. The van der Waals surface area contributed by atoms with Gasteiger partial charge >= 0.3 is 0 Å². The van der Waals surface area contributed by atoms with Crippen molar-refractivity contribution >= 4 is 5.91 Å². The summed E-state index contributed by atoms with van der Waals surface area (Å²) in [5.74, 6) is -0.139. The minimum atomic E-state index is -0.581. The minimum Gasteiger partial charge on any atom is -0.391 e. The van der Waals surface area contributed by atoms with Crippen LogP contribution in [0.25, 0.3) is 0 Å². The van der Waals surface area contributed by atoms with Gasteiger partial charge in [0.15, 0.2) is 0 Å². The molecule has 1 atom stereocenters. The molecule has 0 aliphatic carbocycles. The van der Waals surface area contributed by atoms with Crippen LogP contribution in [0, 0.1) is 13.8 Å². The molecule has 0 heterocycles. The van der Waals surface area contributed by atoms with Gasteiger partial charge in [0.1, 0.15) is 0 Å². The average molecular weight is 283 g/mol. The van der Waals surface area contributed by atoms with Crippen molar-refractivity contribution in [3.05, 3.63) is 70.8 Å². The molecule has 0 radical (unpaired) electrons. The number of carbonyl (C=O) groups is 1. The molecule has 1 unspecified atom stereocenters. The molecule has 2 rings (SSSR count). The standard InChI is InChI=1S/C18H21NO2/c1-13-8-9-17(14(2)10-13)18(21)19-12-16(20)11-15-6-4-3-5-7-15/h3-10,16,20H,11-12H2,1-2H3,(H,19,21). The number of amides is 1. The van der Waals surface area contributed by atoms with E-state index in [2.05, 4.69) is 5.32 Å². The number of nitrogens with one attached hydrogen (secondary N) is 1. The van der Waals surface area contributed by atoms with Crippen LogP contribution in [0.4, 0.5) is 0 Å². The first kappa shape index (κ1) is 15.3. The number of aryl methyl sites for hydroxylation is 2. The van der Waals surface area contributed by atoms with E-state index in [-0.39, 0.29) is 12.5 Å². The maximum Gasteiger partial charge on any atom is 0.251 e. The third-order valence-electron chi connectivity index (χ3n) is 3.44. The highest BCUT2D eigenvalue weighted by Gasteiger charge is 2.11. The summed E-state index contributed by atoms with van der Waals surface area (Å²) in [5, 5.41) is 12.8. The first-order chi connectivity index (χ1) is 10.1. The quantitative estimate of drug-likeness (QED) is 0.886. The Hall–Kier alpha value is -2.13. The number of hydrogen-bond acceptors (Lipinski definition) is 2. The number of benzene rings is 2. The summed E-state index contributed by atoms with van der Waals surface area (Å²) in [6.07, 6.45) is -0.0457. The van der Waals surface area contributed by atoms with Crippen molar-refractivity contribution in [2.45, 2.75) is 26.4 Å². The van der Waals surface area contributed by atoms with Crippen LogP contribution in [0.3, 0.4) is 0 Å². The van der Waals surface area contributed by atoms with Crippen molar-refractivity contribution in [3.63, 3.8) is 0 Å². The third kappa shape index (κ3) is 4.43. The zero-order chi connectivity index (χ0) is 15.2. The van der Waals surface area contributed by atoms with Gasteiger partial charge in [-0.05, 0) is 31.0 Å². The fourth-order valence-electron chi connectivity index (χ4n) is 2.33. The predicted molar refractivity (Wildman–Crippen MR) is 84.4 cm³/mol. The largest absolute Gasteiger partial charge is 0.391 e. The van der Waals surface area contributed by atoms with Crippen molar-refractivity contribution in [3.8, 4) is 0 Å². The molecule has 1 amide bonds. The normalized spacial score (nSPS) is 12.0. The maximum atomic E-state index is 12.1. The second-order valence-electron chi connectivity index (χ2n) is 5.37. The number of aliphatic hydroxyl groups is 1. The van der Waals surface area contributed by atoms with Crippen LogP contribution < -0.4 is 5.32 Å². The molecule has 0 saturated heterocycles. The Morgan fingerprint density at radius 3 is 2.52 bits per heavy atom. The van der Waals surface area contributed by atoms with Crippen LogP contribution in [0.5, 0.6) is 0 Å². The number of hydrogen-bond donors (Lipinski definition) is 2. The molecule has 3 nitrogen and oxygen atoms in total. The van der Waals surface area contributed by atoms with Crippen molar-refractivity contribution in [1.29, 1.82) is 0 Å². The molecular formula is C18H21NO2. The van der Waals surface area contributed by atoms with Gasteiger partial charge in [-0.2, -0.15) is 0 Å². The molecular weight excluding hydrogens is 262 g/mol. The van der Waals surface area contributed by atoms with Crippen molar-refractivity contribution in [1.82, 2.24) is 5.32 Å². The van der Waals surface area contributed by atoms with Gasteiger partial charge in [0.2, 0.25) is 0 Å². The maximum absolute atomic E-state index is 12.1. The Kier molecular flexibility index (Phi) is 5.12. The summed E-state index contributed by atoms with van der Waals surface area (Å²) in [7, 11) is 0. The van der Waals surface area contributed by atoms with Gasteiger partial charge in [-0.15, -0.1) is 0 Å². The smallest absolute Gasteiger partial charge is 0.251 e. The second kappa shape index (κ2) is 7.04. The summed E-state index contributed by atoms with van der Waals surface area (Å²) in [5.41, 5.74) is 3.80. The van der Waals surface area contributed by atoms with Crippen LogP contribution in [0.2, 0.25) is 0 Å².